The summed E-state index contributed by atoms with van der Waals surface area (Å²) in [6, 6.07) is 4.82. The highest BCUT2D eigenvalue weighted by Gasteiger charge is 2.46. The van der Waals surface area contributed by atoms with Crippen molar-refractivity contribution in [1.82, 2.24) is 4.90 Å². The van der Waals surface area contributed by atoms with Crippen molar-refractivity contribution in [1.29, 1.82) is 0 Å². The van der Waals surface area contributed by atoms with Crippen molar-refractivity contribution in [3.05, 3.63) is 40.4 Å². The number of benzene rings is 1. The maximum atomic E-state index is 12.3. The molecule has 2 unspecified atom stereocenters. The molecule has 1 saturated heterocycles. The minimum Gasteiger partial charge on any atom is -0.325 e. The summed E-state index contributed by atoms with van der Waals surface area (Å²) >= 11 is 11.9. The van der Waals surface area contributed by atoms with E-state index in [1.54, 1.807) is 18.2 Å². The molecule has 5 nitrogen and oxygen atoms in total. The van der Waals surface area contributed by atoms with Gasteiger partial charge in [0, 0.05) is 18.0 Å². The number of nitrogens with one attached hydrogen (secondary N) is 1. The topological polar surface area (TPSA) is 66.5 Å². The second kappa shape index (κ2) is 7.58. The van der Waals surface area contributed by atoms with E-state index in [0.29, 0.717) is 35.0 Å². The summed E-state index contributed by atoms with van der Waals surface area (Å²) in [5, 5.41) is 3.57. The lowest BCUT2D eigenvalue weighted by Gasteiger charge is -2.14. The van der Waals surface area contributed by atoms with Crippen LogP contribution < -0.4 is 5.32 Å². The summed E-state index contributed by atoms with van der Waals surface area (Å²) < 4.78 is 0. The molecule has 1 heterocycles. The lowest BCUT2D eigenvalue weighted by molar-refractivity contribution is -0.140. The molecule has 0 aromatic heterocycles. The number of nitrogens with zero attached hydrogens (tertiary/aromatic N) is 1. The highest BCUT2D eigenvalue weighted by atomic mass is 35.5. The fraction of sp³-hybridized carbons (Fsp3) is 0.389. The van der Waals surface area contributed by atoms with Crippen molar-refractivity contribution in [3.63, 3.8) is 0 Å². The predicted molar refractivity (Wildman–Crippen MR) is 96.4 cm³/mol. The maximum Gasteiger partial charge on any atom is 0.233 e. The lowest BCUT2D eigenvalue weighted by atomic mass is 9.85. The molecule has 1 fully saturated rings. The number of imide groups is 1. The minimum atomic E-state index is -0.234. The van der Waals surface area contributed by atoms with Crippen LogP contribution in [0.2, 0.25) is 10.0 Å². The first-order valence-corrected chi connectivity index (χ1v) is 8.98. The van der Waals surface area contributed by atoms with Crippen LogP contribution in [0, 0.1) is 11.8 Å². The molecule has 1 aromatic carbocycles. The number of halogens is 2. The zero-order valence-electron chi connectivity index (χ0n) is 13.5. The summed E-state index contributed by atoms with van der Waals surface area (Å²) in [5.74, 6) is -0.911. The summed E-state index contributed by atoms with van der Waals surface area (Å²) in [4.78, 5) is 38.0. The Labute approximate surface area is 156 Å². The molecule has 1 aliphatic heterocycles. The standard InChI is InChI=1S/C18H18Cl2N2O3/c19-11-7-8-14(20)15(10-11)21-16(23)6-3-9-22-17(24)12-4-1-2-5-13(12)18(22)25/h1-2,7-8,10,12-13H,3-6,9H2,(H,21,23). The number of amides is 3. The largest absolute Gasteiger partial charge is 0.325 e. The Morgan fingerprint density at radius 2 is 1.76 bits per heavy atom. The Bertz CT molecular complexity index is 722. The van der Waals surface area contributed by atoms with Gasteiger partial charge in [-0.1, -0.05) is 35.4 Å². The molecule has 7 heteroatoms. The number of carbonyl (C=O) groups is 3. The molecule has 1 aromatic rings. The van der Waals surface area contributed by atoms with Crippen LogP contribution in [0.1, 0.15) is 25.7 Å². The van der Waals surface area contributed by atoms with E-state index in [1.807, 2.05) is 12.2 Å². The van der Waals surface area contributed by atoms with Crippen molar-refractivity contribution in [2.45, 2.75) is 25.7 Å². The van der Waals surface area contributed by atoms with E-state index in [1.165, 1.54) is 4.90 Å². The van der Waals surface area contributed by atoms with Gasteiger partial charge in [-0.05, 0) is 37.5 Å². The molecule has 0 bridgehead atoms. The fourth-order valence-corrected chi connectivity index (χ4v) is 3.63. The molecule has 25 heavy (non-hydrogen) atoms. The van der Waals surface area contributed by atoms with Crippen LogP contribution in [0.15, 0.2) is 30.4 Å². The minimum absolute atomic E-state index is 0.113. The Kier molecular flexibility index (Phi) is 5.45. The molecular weight excluding hydrogens is 363 g/mol. The molecule has 1 aliphatic carbocycles. The van der Waals surface area contributed by atoms with E-state index >= 15 is 0 Å². The van der Waals surface area contributed by atoms with E-state index in [9.17, 15) is 14.4 Å². The van der Waals surface area contributed by atoms with Gasteiger partial charge in [-0.2, -0.15) is 0 Å². The van der Waals surface area contributed by atoms with Gasteiger partial charge in [0.1, 0.15) is 0 Å². The van der Waals surface area contributed by atoms with E-state index in [4.69, 9.17) is 23.2 Å². The average molecular weight is 381 g/mol. The SMILES string of the molecule is O=C(CCCN1C(=O)C2CC=CCC2C1=O)Nc1cc(Cl)ccc1Cl. The number of rotatable bonds is 5. The summed E-state index contributed by atoms with van der Waals surface area (Å²) in [5.41, 5.74) is 0.449. The predicted octanol–water partition coefficient (Wildman–Crippen LogP) is 3.66. The third kappa shape index (κ3) is 3.88. The molecule has 2 aliphatic rings. The summed E-state index contributed by atoms with van der Waals surface area (Å²) in [6.07, 6.45) is 5.76. The van der Waals surface area contributed by atoms with Crippen LogP contribution >= 0.6 is 23.2 Å². The van der Waals surface area contributed by atoms with E-state index in [0.717, 1.165) is 0 Å². The van der Waals surface area contributed by atoms with E-state index in [-0.39, 0.29) is 42.5 Å². The first-order chi connectivity index (χ1) is 12.0. The Hall–Kier alpha value is -1.85. The van der Waals surface area contributed by atoms with Gasteiger partial charge in [-0.25, -0.2) is 0 Å². The van der Waals surface area contributed by atoms with Crippen molar-refractivity contribution in [2.24, 2.45) is 11.8 Å². The van der Waals surface area contributed by atoms with Crippen LogP contribution in [0.25, 0.3) is 0 Å². The van der Waals surface area contributed by atoms with Gasteiger partial charge in [0.05, 0.1) is 22.5 Å². The van der Waals surface area contributed by atoms with Crippen LogP contribution in [0.3, 0.4) is 0 Å². The van der Waals surface area contributed by atoms with Crippen molar-refractivity contribution < 1.29 is 14.4 Å². The molecule has 1 N–H and O–H groups in total. The number of fused-ring (bicyclic) bond motifs is 1. The third-order valence-electron chi connectivity index (χ3n) is 4.59. The molecule has 3 rings (SSSR count). The second-order valence-corrected chi connectivity index (χ2v) is 7.10. The second-order valence-electron chi connectivity index (χ2n) is 6.26. The molecule has 0 radical (unpaired) electrons. The summed E-state index contributed by atoms with van der Waals surface area (Å²) in [7, 11) is 0. The van der Waals surface area contributed by atoms with Gasteiger partial charge in [0.25, 0.3) is 0 Å². The van der Waals surface area contributed by atoms with Gasteiger partial charge < -0.3 is 5.32 Å². The molecule has 2 atom stereocenters. The molecule has 0 spiro atoms. The number of allylic oxidation sites excluding steroid dienone is 2. The Morgan fingerprint density at radius 3 is 2.40 bits per heavy atom. The molecular formula is C18H18Cl2N2O3. The fourth-order valence-electron chi connectivity index (χ4n) is 3.29. The van der Waals surface area contributed by atoms with Gasteiger partial charge in [0.2, 0.25) is 17.7 Å². The number of likely N-dealkylation sites (tertiary alicyclic amines) is 1. The average Bonchev–Trinajstić information content (AvgIpc) is 2.83. The molecule has 0 saturated carbocycles. The highest BCUT2D eigenvalue weighted by molar-refractivity contribution is 6.35. The number of hydrogen-bond acceptors (Lipinski definition) is 3. The van der Waals surface area contributed by atoms with Crippen LogP contribution in [-0.2, 0) is 14.4 Å². The summed E-state index contributed by atoms with van der Waals surface area (Å²) in [6.45, 7) is 0.265. The lowest BCUT2D eigenvalue weighted by Crippen LogP contribution is -2.32. The highest BCUT2D eigenvalue weighted by Crippen LogP contribution is 2.35. The van der Waals surface area contributed by atoms with Crippen molar-refractivity contribution in [2.75, 3.05) is 11.9 Å². The normalized spacial score (nSPS) is 22.2. The van der Waals surface area contributed by atoms with Gasteiger partial charge in [-0.3, -0.25) is 19.3 Å². The van der Waals surface area contributed by atoms with Crippen LogP contribution in [0.5, 0.6) is 0 Å². The first kappa shape index (κ1) is 18.0. The number of carbonyl (C=O) groups excluding carboxylic acids is 3. The zero-order valence-corrected chi connectivity index (χ0v) is 15.0. The van der Waals surface area contributed by atoms with Crippen LogP contribution in [0.4, 0.5) is 5.69 Å². The van der Waals surface area contributed by atoms with Gasteiger partial charge in [-0.15, -0.1) is 0 Å². The molecule has 3 amide bonds. The smallest absolute Gasteiger partial charge is 0.233 e. The van der Waals surface area contributed by atoms with Gasteiger partial charge >= 0.3 is 0 Å². The monoisotopic (exact) mass is 380 g/mol. The molecule has 132 valence electrons. The zero-order chi connectivity index (χ0) is 18.0. The first-order valence-electron chi connectivity index (χ1n) is 8.22. The number of anilines is 1. The van der Waals surface area contributed by atoms with Crippen molar-refractivity contribution in [3.8, 4) is 0 Å². The van der Waals surface area contributed by atoms with E-state index < -0.39 is 0 Å². The quantitative estimate of drug-likeness (QED) is 0.625. The van der Waals surface area contributed by atoms with E-state index in [2.05, 4.69) is 5.32 Å². The Morgan fingerprint density at radius 1 is 1.12 bits per heavy atom. The Balaban J connectivity index is 1.51. The third-order valence-corrected chi connectivity index (χ3v) is 5.15. The van der Waals surface area contributed by atoms with Crippen LogP contribution in [-0.4, -0.2) is 29.2 Å². The van der Waals surface area contributed by atoms with Crippen molar-refractivity contribution >= 4 is 46.6 Å². The number of hydrogen-bond donors (Lipinski definition) is 1. The van der Waals surface area contributed by atoms with Gasteiger partial charge in [0.15, 0.2) is 0 Å². The maximum absolute atomic E-state index is 12.3.